The van der Waals surface area contributed by atoms with Crippen molar-refractivity contribution in [3.05, 3.63) is 44.2 Å². The van der Waals surface area contributed by atoms with E-state index in [1.54, 1.807) is 0 Å². The molecule has 17 heavy (non-hydrogen) atoms. The maximum absolute atomic E-state index is 4.46. The first-order valence-electron chi connectivity index (χ1n) is 5.63. The molecule has 2 aromatic rings. The second-order valence-corrected chi connectivity index (χ2v) is 5.95. The summed E-state index contributed by atoms with van der Waals surface area (Å²) in [6.45, 7) is 5.02. The zero-order valence-corrected chi connectivity index (χ0v) is 12.4. The first kappa shape index (κ1) is 12.6. The number of hydrogen-bond donors (Lipinski definition) is 1. The lowest BCUT2D eigenvalue weighted by Crippen LogP contribution is -2.00. The van der Waals surface area contributed by atoms with Gasteiger partial charge in [-0.2, -0.15) is 0 Å². The zero-order chi connectivity index (χ0) is 12.3. The Kier molecular flexibility index (Phi) is 4.18. The van der Waals surface area contributed by atoms with Crippen molar-refractivity contribution >= 4 is 33.1 Å². The Labute approximate surface area is 114 Å². The average molecular weight is 311 g/mol. The number of hydrogen-bond acceptors (Lipinski definition) is 3. The van der Waals surface area contributed by atoms with E-state index in [-0.39, 0.29) is 0 Å². The molecule has 0 aliphatic carbocycles. The molecule has 0 aliphatic heterocycles. The third-order valence-electron chi connectivity index (χ3n) is 2.53. The third-order valence-corrected chi connectivity index (χ3v) is 4.60. The highest BCUT2D eigenvalue weighted by Crippen LogP contribution is 2.19. The highest BCUT2D eigenvalue weighted by Gasteiger charge is 2.01. The van der Waals surface area contributed by atoms with Gasteiger partial charge in [-0.25, -0.2) is 4.98 Å². The summed E-state index contributed by atoms with van der Waals surface area (Å²) in [5.74, 6) is 0.928. The fraction of sp³-hybridized carbons (Fsp3) is 0.308. The monoisotopic (exact) mass is 310 g/mol. The SMILES string of the molecule is CCc1ccc(CNc2ccc(Br)c(C)n2)s1. The zero-order valence-electron chi connectivity index (χ0n) is 9.96. The van der Waals surface area contributed by atoms with Gasteiger partial charge >= 0.3 is 0 Å². The van der Waals surface area contributed by atoms with Gasteiger partial charge in [-0.3, -0.25) is 0 Å². The van der Waals surface area contributed by atoms with Gasteiger partial charge in [0.25, 0.3) is 0 Å². The molecule has 2 aromatic heterocycles. The number of halogens is 1. The maximum Gasteiger partial charge on any atom is 0.126 e. The molecule has 0 amide bonds. The number of nitrogens with one attached hydrogen (secondary N) is 1. The van der Waals surface area contributed by atoms with Gasteiger partial charge in [0.15, 0.2) is 0 Å². The number of aryl methyl sites for hydroxylation is 2. The second kappa shape index (κ2) is 5.65. The molecule has 2 heterocycles. The molecule has 0 fully saturated rings. The molecule has 1 N–H and O–H groups in total. The minimum absolute atomic E-state index is 0.846. The van der Waals surface area contributed by atoms with E-state index < -0.39 is 0 Å². The van der Waals surface area contributed by atoms with Crippen LogP contribution >= 0.6 is 27.3 Å². The Balaban J connectivity index is 1.99. The Hall–Kier alpha value is -0.870. The molecular formula is C13H15BrN2S. The van der Waals surface area contributed by atoms with Crippen LogP contribution in [0.25, 0.3) is 0 Å². The van der Waals surface area contributed by atoms with Gasteiger partial charge in [0.05, 0.1) is 12.2 Å². The number of anilines is 1. The molecule has 2 rings (SSSR count). The summed E-state index contributed by atoms with van der Waals surface area (Å²) in [5.41, 5.74) is 1.01. The molecule has 4 heteroatoms. The summed E-state index contributed by atoms with van der Waals surface area (Å²) in [5, 5.41) is 3.34. The molecule has 0 spiro atoms. The molecule has 0 aromatic carbocycles. The van der Waals surface area contributed by atoms with Gasteiger partial charge in [0, 0.05) is 14.2 Å². The quantitative estimate of drug-likeness (QED) is 0.906. The molecule has 0 atom stereocenters. The smallest absolute Gasteiger partial charge is 0.126 e. The Morgan fingerprint density at radius 2 is 2.00 bits per heavy atom. The van der Waals surface area contributed by atoms with Crippen molar-refractivity contribution in [1.82, 2.24) is 4.98 Å². The van der Waals surface area contributed by atoms with Crippen molar-refractivity contribution in [2.24, 2.45) is 0 Å². The van der Waals surface area contributed by atoms with Crippen molar-refractivity contribution in [3.63, 3.8) is 0 Å². The molecule has 0 bridgehead atoms. The van der Waals surface area contributed by atoms with Crippen molar-refractivity contribution in [3.8, 4) is 0 Å². The van der Waals surface area contributed by atoms with Crippen LogP contribution in [0.4, 0.5) is 5.82 Å². The molecular weight excluding hydrogens is 296 g/mol. The van der Waals surface area contributed by atoms with Crippen LogP contribution in [0, 0.1) is 6.92 Å². The van der Waals surface area contributed by atoms with Crippen LogP contribution in [0.2, 0.25) is 0 Å². The van der Waals surface area contributed by atoms with E-state index in [0.29, 0.717) is 0 Å². The van der Waals surface area contributed by atoms with Crippen LogP contribution in [0.3, 0.4) is 0 Å². The minimum atomic E-state index is 0.846. The molecule has 0 saturated carbocycles. The summed E-state index contributed by atoms with van der Waals surface area (Å²) in [6, 6.07) is 8.39. The van der Waals surface area contributed by atoms with Crippen LogP contribution in [0.15, 0.2) is 28.7 Å². The van der Waals surface area contributed by atoms with Crippen molar-refractivity contribution in [2.75, 3.05) is 5.32 Å². The van der Waals surface area contributed by atoms with Gasteiger partial charge in [0.2, 0.25) is 0 Å². The summed E-state index contributed by atoms with van der Waals surface area (Å²) < 4.78 is 1.05. The molecule has 0 aliphatic rings. The molecule has 0 saturated heterocycles. The van der Waals surface area contributed by atoms with Crippen LogP contribution < -0.4 is 5.32 Å². The first-order valence-corrected chi connectivity index (χ1v) is 7.24. The lowest BCUT2D eigenvalue weighted by atomic mass is 10.3. The topological polar surface area (TPSA) is 24.9 Å². The Morgan fingerprint density at radius 3 is 2.65 bits per heavy atom. The highest BCUT2D eigenvalue weighted by atomic mass is 79.9. The van der Waals surface area contributed by atoms with Gasteiger partial charge in [-0.15, -0.1) is 11.3 Å². The van der Waals surface area contributed by atoms with Crippen LogP contribution in [0.5, 0.6) is 0 Å². The molecule has 2 nitrogen and oxygen atoms in total. The molecule has 90 valence electrons. The predicted molar refractivity (Wildman–Crippen MR) is 77.7 cm³/mol. The number of rotatable bonds is 4. The van der Waals surface area contributed by atoms with Crippen LogP contribution in [-0.4, -0.2) is 4.98 Å². The van der Waals surface area contributed by atoms with Gasteiger partial charge < -0.3 is 5.32 Å². The summed E-state index contributed by atoms with van der Waals surface area (Å²) in [4.78, 5) is 7.24. The van der Waals surface area contributed by atoms with E-state index >= 15 is 0 Å². The lowest BCUT2D eigenvalue weighted by Gasteiger charge is -2.05. The highest BCUT2D eigenvalue weighted by molar-refractivity contribution is 9.10. The Bertz CT molecular complexity index is 508. The predicted octanol–water partition coefficient (Wildman–Crippen LogP) is 4.39. The second-order valence-electron chi connectivity index (χ2n) is 3.84. The van der Waals surface area contributed by atoms with E-state index in [0.717, 1.165) is 29.0 Å². The van der Waals surface area contributed by atoms with E-state index in [1.165, 1.54) is 9.75 Å². The van der Waals surface area contributed by atoms with Crippen molar-refractivity contribution < 1.29 is 0 Å². The van der Waals surface area contributed by atoms with Crippen LogP contribution in [0.1, 0.15) is 22.4 Å². The standard InChI is InChI=1S/C13H15BrN2S/c1-3-10-4-5-11(17-10)8-15-13-7-6-12(14)9(2)16-13/h4-7H,3,8H2,1-2H3,(H,15,16). The maximum atomic E-state index is 4.46. The number of pyridine rings is 1. The van der Waals surface area contributed by atoms with E-state index in [9.17, 15) is 0 Å². The largest absolute Gasteiger partial charge is 0.365 e. The first-order chi connectivity index (χ1) is 8.19. The van der Waals surface area contributed by atoms with Crippen LogP contribution in [-0.2, 0) is 13.0 Å². The van der Waals surface area contributed by atoms with Crippen molar-refractivity contribution in [2.45, 2.75) is 26.8 Å². The fourth-order valence-corrected chi connectivity index (χ4v) is 2.65. The summed E-state index contributed by atoms with van der Waals surface area (Å²) in [7, 11) is 0. The normalized spacial score (nSPS) is 10.5. The third kappa shape index (κ3) is 3.30. The number of nitrogens with zero attached hydrogens (tertiary/aromatic N) is 1. The van der Waals surface area contributed by atoms with Gasteiger partial charge in [-0.1, -0.05) is 6.92 Å². The van der Waals surface area contributed by atoms with Gasteiger partial charge in [-0.05, 0) is 53.5 Å². The van der Waals surface area contributed by atoms with E-state index in [2.05, 4.69) is 45.3 Å². The Morgan fingerprint density at radius 1 is 1.24 bits per heavy atom. The van der Waals surface area contributed by atoms with E-state index in [4.69, 9.17) is 0 Å². The summed E-state index contributed by atoms with van der Waals surface area (Å²) >= 11 is 5.31. The van der Waals surface area contributed by atoms with E-state index in [1.807, 2.05) is 30.4 Å². The lowest BCUT2D eigenvalue weighted by molar-refractivity contribution is 1.10. The summed E-state index contributed by atoms with van der Waals surface area (Å²) in [6.07, 6.45) is 1.11. The molecule has 0 unspecified atom stereocenters. The number of aromatic nitrogens is 1. The fourth-order valence-electron chi connectivity index (χ4n) is 1.53. The minimum Gasteiger partial charge on any atom is -0.365 e. The average Bonchev–Trinajstić information content (AvgIpc) is 2.79. The molecule has 0 radical (unpaired) electrons. The van der Waals surface area contributed by atoms with Gasteiger partial charge in [0.1, 0.15) is 5.82 Å². The van der Waals surface area contributed by atoms with Crippen molar-refractivity contribution in [1.29, 1.82) is 0 Å². The number of thiophene rings is 1.